The third-order valence-corrected chi connectivity index (χ3v) is 5.18. The number of nitrogens with one attached hydrogen (secondary N) is 1. The first-order valence-electron chi connectivity index (χ1n) is 7.99. The molecule has 2 amide bonds. The monoisotopic (exact) mass is 378 g/mol. The van der Waals surface area contributed by atoms with E-state index in [4.69, 9.17) is 11.6 Å². The summed E-state index contributed by atoms with van der Waals surface area (Å²) in [6.07, 6.45) is 3.07. The zero-order chi connectivity index (χ0) is 17.8. The highest BCUT2D eigenvalue weighted by Crippen LogP contribution is 2.22. The minimum absolute atomic E-state index is 0.0211. The maximum atomic E-state index is 12.7. The summed E-state index contributed by atoms with van der Waals surface area (Å²) in [6, 6.07) is 5.40. The van der Waals surface area contributed by atoms with Gasteiger partial charge in [-0.25, -0.2) is 0 Å². The fourth-order valence-corrected chi connectivity index (χ4v) is 3.76. The molecule has 1 aromatic carbocycles. The molecule has 0 bridgehead atoms. The molecule has 2 aromatic rings. The van der Waals surface area contributed by atoms with Crippen molar-refractivity contribution < 1.29 is 9.59 Å². The number of nitrogens with zero attached hydrogens (tertiary/aromatic N) is 3. The average molecular weight is 379 g/mol. The van der Waals surface area contributed by atoms with Crippen molar-refractivity contribution in [2.75, 3.05) is 29.9 Å². The molecule has 1 fully saturated rings. The van der Waals surface area contributed by atoms with Gasteiger partial charge >= 0.3 is 0 Å². The molecule has 1 aliphatic rings. The Morgan fingerprint density at radius 2 is 2.08 bits per heavy atom. The summed E-state index contributed by atoms with van der Waals surface area (Å²) >= 11 is 7.66. The lowest BCUT2D eigenvalue weighted by atomic mass is 10.1. The molecule has 0 saturated carbocycles. The Labute approximate surface area is 155 Å². The van der Waals surface area contributed by atoms with E-state index in [9.17, 15) is 9.59 Å². The van der Waals surface area contributed by atoms with Gasteiger partial charge in [-0.2, -0.15) is 16.9 Å². The van der Waals surface area contributed by atoms with Crippen LogP contribution in [0.15, 0.2) is 30.6 Å². The van der Waals surface area contributed by atoms with Crippen LogP contribution < -0.4 is 5.32 Å². The molecule has 2 heterocycles. The lowest BCUT2D eigenvalue weighted by molar-refractivity contribution is -0.116. The lowest BCUT2D eigenvalue weighted by Gasteiger charge is -2.27. The number of halogens is 1. The number of carbonyl (C=O) groups excluding carboxylic acids is 2. The van der Waals surface area contributed by atoms with Gasteiger partial charge in [0.25, 0.3) is 5.91 Å². The number of aromatic nitrogens is 2. The van der Waals surface area contributed by atoms with Crippen LogP contribution >= 0.6 is 23.4 Å². The molecule has 3 rings (SSSR count). The van der Waals surface area contributed by atoms with E-state index in [1.807, 2.05) is 29.7 Å². The van der Waals surface area contributed by atoms with Gasteiger partial charge < -0.3 is 10.2 Å². The largest absolute Gasteiger partial charge is 0.337 e. The second kappa shape index (κ2) is 7.93. The van der Waals surface area contributed by atoms with Crippen LogP contribution in [0.2, 0.25) is 5.02 Å². The molecule has 8 heteroatoms. The number of carbonyl (C=O) groups is 2. The van der Waals surface area contributed by atoms with E-state index >= 15 is 0 Å². The Bertz CT molecular complexity index is 787. The van der Waals surface area contributed by atoms with Gasteiger partial charge in [0.1, 0.15) is 6.54 Å². The zero-order valence-electron chi connectivity index (χ0n) is 13.9. The van der Waals surface area contributed by atoms with Crippen LogP contribution in [0.3, 0.4) is 0 Å². The van der Waals surface area contributed by atoms with Crippen LogP contribution in [0.25, 0.3) is 0 Å². The van der Waals surface area contributed by atoms with E-state index in [1.54, 1.807) is 18.3 Å². The maximum absolute atomic E-state index is 12.7. The Kier molecular flexibility index (Phi) is 5.65. The predicted molar refractivity (Wildman–Crippen MR) is 100 cm³/mol. The van der Waals surface area contributed by atoms with Gasteiger partial charge in [-0.1, -0.05) is 17.7 Å². The van der Waals surface area contributed by atoms with E-state index in [-0.39, 0.29) is 18.4 Å². The first kappa shape index (κ1) is 17.8. The quantitative estimate of drug-likeness (QED) is 0.888. The topological polar surface area (TPSA) is 67.2 Å². The molecular formula is C17H19ClN4O2S. The summed E-state index contributed by atoms with van der Waals surface area (Å²) in [5.41, 5.74) is 2.05. The number of amides is 2. The second-order valence-corrected chi connectivity index (χ2v) is 7.45. The van der Waals surface area contributed by atoms with Gasteiger partial charge in [-0.3, -0.25) is 14.3 Å². The molecule has 0 aliphatic carbocycles. The Morgan fingerprint density at radius 1 is 1.32 bits per heavy atom. The molecule has 1 saturated heterocycles. The summed E-state index contributed by atoms with van der Waals surface area (Å²) in [6.45, 7) is 3.44. The first-order chi connectivity index (χ1) is 12.0. The summed E-state index contributed by atoms with van der Waals surface area (Å²) in [4.78, 5) is 26.8. The lowest BCUT2D eigenvalue weighted by Crippen LogP contribution is -2.38. The molecule has 0 radical (unpaired) electrons. The van der Waals surface area contributed by atoms with Gasteiger partial charge in [-0.15, -0.1) is 0 Å². The normalized spacial score (nSPS) is 14.4. The third-order valence-electron chi connectivity index (χ3n) is 4.04. The van der Waals surface area contributed by atoms with Crippen molar-refractivity contribution in [2.45, 2.75) is 13.5 Å². The van der Waals surface area contributed by atoms with Crippen molar-refractivity contribution in [3.8, 4) is 0 Å². The Balaban J connectivity index is 1.71. The SMILES string of the molecule is Cc1c(NC(=O)Cn2cc(Cl)cn2)cccc1C(=O)N1CCSCC1. The molecule has 0 atom stereocenters. The number of rotatable bonds is 4. The van der Waals surface area contributed by atoms with Gasteiger partial charge in [0, 0.05) is 42.0 Å². The standard InChI is InChI=1S/C17H19ClN4O2S/c1-12-14(17(24)21-5-7-25-8-6-21)3-2-4-15(12)20-16(23)11-22-10-13(18)9-19-22/h2-4,9-10H,5-8,11H2,1H3,(H,20,23). The molecule has 0 spiro atoms. The van der Waals surface area contributed by atoms with Gasteiger partial charge in [-0.05, 0) is 24.6 Å². The fraction of sp³-hybridized carbons (Fsp3) is 0.353. The van der Waals surface area contributed by atoms with Crippen LogP contribution in [-0.4, -0.2) is 51.1 Å². The predicted octanol–water partition coefficient (Wildman–Crippen LogP) is 2.67. The maximum Gasteiger partial charge on any atom is 0.254 e. The van der Waals surface area contributed by atoms with Gasteiger partial charge in [0.15, 0.2) is 0 Å². The summed E-state index contributed by atoms with van der Waals surface area (Å²) in [5, 5.41) is 7.32. The van der Waals surface area contributed by atoms with Crippen molar-refractivity contribution in [1.29, 1.82) is 0 Å². The first-order valence-corrected chi connectivity index (χ1v) is 9.52. The Hall–Kier alpha value is -1.99. The van der Waals surface area contributed by atoms with E-state index in [0.717, 1.165) is 30.2 Å². The Morgan fingerprint density at radius 3 is 2.76 bits per heavy atom. The van der Waals surface area contributed by atoms with Crippen molar-refractivity contribution in [1.82, 2.24) is 14.7 Å². The minimum Gasteiger partial charge on any atom is -0.337 e. The highest BCUT2D eigenvalue weighted by atomic mass is 35.5. The minimum atomic E-state index is -0.221. The fourth-order valence-electron chi connectivity index (χ4n) is 2.70. The van der Waals surface area contributed by atoms with Crippen LogP contribution in [0.5, 0.6) is 0 Å². The second-order valence-electron chi connectivity index (χ2n) is 5.79. The molecular weight excluding hydrogens is 360 g/mol. The average Bonchev–Trinajstić information content (AvgIpc) is 3.01. The van der Waals surface area contributed by atoms with Crippen molar-refractivity contribution >= 4 is 40.9 Å². The molecule has 132 valence electrons. The van der Waals surface area contributed by atoms with Gasteiger partial charge in [0.2, 0.25) is 5.91 Å². The summed E-state index contributed by atoms with van der Waals surface area (Å²) in [7, 11) is 0. The van der Waals surface area contributed by atoms with Crippen LogP contribution in [0, 0.1) is 6.92 Å². The zero-order valence-corrected chi connectivity index (χ0v) is 15.4. The number of anilines is 1. The molecule has 1 N–H and O–H groups in total. The van der Waals surface area contributed by atoms with E-state index < -0.39 is 0 Å². The van der Waals surface area contributed by atoms with E-state index in [2.05, 4.69) is 10.4 Å². The van der Waals surface area contributed by atoms with Crippen molar-refractivity contribution in [2.24, 2.45) is 0 Å². The number of hydrogen-bond donors (Lipinski definition) is 1. The van der Waals surface area contributed by atoms with E-state index in [1.165, 1.54) is 10.9 Å². The number of hydrogen-bond acceptors (Lipinski definition) is 4. The van der Waals surface area contributed by atoms with Crippen molar-refractivity contribution in [3.63, 3.8) is 0 Å². The molecule has 0 unspecified atom stereocenters. The van der Waals surface area contributed by atoms with Gasteiger partial charge in [0.05, 0.1) is 11.2 Å². The summed E-state index contributed by atoms with van der Waals surface area (Å²) < 4.78 is 1.47. The van der Waals surface area contributed by atoms with Crippen LogP contribution in [0.1, 0.15) is 15.9 Å². The number of thioether (sulfide) groups is 1. The third kappa shape index (κ3) is 4.35. The highest BCUT2D eigenvalue weighted by molar-refractivity contribution is 7.99. The molecule has 1 aromatic heterocycles. The molecule has 1 aliphatic heterocycles. The van der Waals surface area contributed by atoms with Crippen LogP contribution in [-0.2, 0) is 11.3 Å². The molecule has 25 heavy (non-hydrogen) atoms. The summed E-state index contributed by atoms with van der Waals surface area (Å²) in [5.74, 6) is 1.73. The number of benzene rings is 1. The van der Waals surface area contributed by atoms with E-state index in [0.29, 0.717) is 16.3 Å². The smallest absolute Gasteiger partial charge is 0.254 e. The highest BCUT2D eigenvalue weighted by Gasteiger charge is 2.21. The molecule has 6 nitrogen and oxygen atoms in total. The van der Waals surface area contributed by atoms with Crippen LogP contribution in [0.4, 0.5) is 5.69 Å². The van der Waals surface area contributed by atoms with Crippen molar-refractivity contribution in [3.05, 3.63) is 46.7 Å².